The van der Waals surface area contributed by atoms with Crippen molar-refractivity contribution in [2.45, 2.75) is 12.1 Å². The Bertz CT molecular complexity index is 531. The van der Waals surface area contributed by atoms with E-state index < -0.39 is 12.1 Å². The van der Waals surface area contributed by atoms with Gasteiger partial charge in [0.05, 0.1) is 22.2 Å². The van der Waals surface area contributed by atoms with Gasteiger partial charge in [-0.2, -0.15) is 0 Å². The molecule has 2 atom stereocenters. The number of aliphatic hydroxyl groups is 1. The van der Waals surface area contributed by atoms with Gasteiger partial charge in [-0.3, -0.25) is 0 Å². The fourth-order valence-corrected chi connectivity index (χ4v) is 2.07. The number of hydrogen-bond donors (Lipinski definition) is 2. The predicted molar refractivity (Wildman–Crippen MR) is 74.8 cm³/mol. The van der Waals surface area contributed by atoms with Crippen LogP contribution in [0, 0.1) is 0 Å². The summed E-state index contributed by atoms with van der Waals surface area (Å²) in [6, 6.07) is 13.9. The van der Waals surface area contributed by atoms with Crippen LogP contribution in [-0.2, 0) is 0 Å². The lowest BCUT2D eigenvalue weighted by Gasteiger charge is -2.20. The normalized spacial score (nSPS) is 14.2. The molecule has 0 aromatic heterocycles. The van der Waals surface area contributed by atoms with Gasteiger partial charge in [0.2, 0.25) is 0 Å². The monoisotopic (exact) mass is 281 g/mol. The zero-order chi connectivity index (χ0) is 13.1. The fourth-order valence-electron chi connectivity index (χ4n) is 1.76. The average Bonchev–Trinajstić information content (AvgIpc) is 2.41. The molecule has 94 valence electrons. The average molecular weight is 282 g/mol. The molecule has 0 aliphatic heterocycles. The maximum Gasteiger partial charge on any atom is 0.0982 e. The smallest absolute Gasteiger partial charge is 0.0982 e. The van der Waals surface area contributed by atoms with Crippen molar-refractivity contribution in [3.63, 3.8) is 0 Å². The summed E-state index contributed by atoms with van der Waals surface area (Å²) in [7, 11) is 0. The third-order valence-corrected chi connectivity index (χ3v) is 3.55. The van der Waals surface area contributed by atoms with Crippen molar-refractivity contribution in [2.24, 2.45) is 5.73 Å². The third-order valence-electron chi connectivity index (χ3n) is 2.81. The Kier molecular flexibility index (Phi) is 4.25. The first-order valence-electron chi connectivity index (χ1n) is 5.53. The minimum absolute atomic E-state index is 0.435. The molecule has 0 aliphatic rings. The quantitative estimate of drug-likeness (QED) is 0.901. The maximum atomic E-state index is 10.2. The lowest BCUT2D eigenvalue weighted by atomic mass is 9.97. The number of benzene rings is 2. The Hall–Kier alpha value is -1.06. The number of aliphatic hydroxyl groups excluding tert-OH is 1. The molecule has 18 heavy (non-hydrogen) atoms. The van der Waals surface area contributed by atoms with Crippen molar-refractivity contribution >= 4 is 23.2 Å². The van der Waals surface area contributed by atoms with Crippen LogP contribution in [0.2, 0.25) is 10.0 Å². The van der Waals surface area contributed by atoms with Crippen molar-refractivity contribution in [3.05, 3.63) is 69.7 Å². The van der Waals surface area contributed by atoms with Gasteiger partial charge in [-0.15, -0.1) is 0 Å². The van der Waals surface area contributed by atoms with Gasteiger partial charge in [-0.05, 0) is 23.3 Å². The van der Waals surface area contributed by atoms with E-state index in [4.69, 9.17) is 28.9 Å². The number of nitrogens with two attached hydrogens (primary N) is 1. The summed E-state index contributed by atoms with van der Waals surface area (Å²) < 4.78 is 0. The van der Waals surface area contributed by atoms with E-state index in [1.807, 2.05) is 30.3 Å². The van der Waals surface area contributed by atoms with E-state index in [0.29, 0.717) is 10.0 Å². The van der Waals surface area contributed by atoms with E-state index in [1.165, 1.54) is 0 Å². The molecule has 0 heterocycles. The zero-order valence-electron chi connectivity index (χ0n) is 9.55. The Morgan fingerprint density at radius 3 is 2.17 bits per heavy atom. The maximum absolute atomic E-state index is 10.2. The molecule has 0 saturated carbocycles. The van der Waals surface area contributed by atoms with Crippen LogP contribution in [-0.4, -0.2) is 5.11 Å². The summed E-state index contributed by atoms with van der Waals surface area (Å²) >= 11 is 11.8. The molecule has 0 spiro atoms. The predicted octanol–water partition coefficient (Wildman–Crippen LogP) is 3.73. The van der Waals surface area contributed by atoms with Gasteiger partial charge >= 0.3 is 0 Å². The molecule has 0 radical (unpaired) electrons. The molecule has 0 aliphatic carbocycles. The molecule has 0 fully saturated rings. The van der Waals surface area contributed by atoms with Crippen LogP contribution in [0.5, 0.6) is 0 Å². The summed E-state index contributed by atoms with van der Waals surface area (Å²) in [6.07, 6.45) is -0.775. The first-order chi connectivity index (χ1) is 8.59. The highest BCUT2D eigenvalue weighted by atomic mass is 35.5. The van der Waals surface area contributed by atoms with E-state index in [2.05, 4.69) is 0 Å². The van der Waals surface area contributed by atoms with Crippen LogP contribution in [0.25, 0.3) is 0 Å². The van der Waals surface area contributed by atoms with Crippen molar-refractivity contribution in [3.8, 4) is 0 Å². The Balaban J connectivity index is 2.25. The lowest BCUT2D eigenvalue weighted by Crippen LogP contribution is -2.19. The second kappa shape index (κ2) is 5.72. The highest BCUT2D eigenvalue weighted by Gasteiger charge is 2.19. The van der Waals surface area contributed by atoms with Crippen molar-refractivity contribution in [2.75, 3.05) is 0 Å². The van der Waals surface area contributed by atoms with Gasteiger partial charge in [0.25, 0.3) is 0 Å². The Morgan fingerprint density at radius 2 is 1.56 bits per heavy atom. The van der Waals surface area contributed by atoms with Crippen molar-refractivity contribution in [1.29, 1.82) is 0 Å². The Labute approximate surface area is 116 Å². The summed E-state index contributed by atoms with van der Waals surface area (Å²) in [5, 5.41) is 11.1. The SMILES string of the molecule is NC(c1ccc(Cl)c(Cl)c1)C(O)c1ccccc1. The number of halogens is 2. The van der Waals surface area contributed by atoms with Gasteiger partial charge < -0.3 is 10.8 Å². The van der Waals surface area contributed by atoms with Crippen LogP contribution < -0.4 is 5.73 Å². The molecule has 2 aromatic rings. The van der Waals surface area contributed by atoms with Gasteiger partial charge in [0.15, 0.2) is 0 Å². The first-order valence-corrected chi connectivity index (χ1v) is 6.28. The molecule has 0 bridgehead atoms. The van der Waals surface area contributed by atoms with Crippen LogP contribution in [0.3, 0.4) is 0 Å². The van der Waals surface area contributed by atoms with Gasteiger partial charge in [0, 0.05) is 0 Å². The van der Waals surface area contributed by atoms with Crippen molar-refractivity contribution < 1.29 is 5.11 Å². The topological polar surface area (TPSA) is 46.2 Å². The molecule has 2 unspecified atom stereocenters. The van der Waals surface area contributed by atoms with Crippen LogP contribution in [0.15, 0.2) is 48.5 Å². The van der Waals surface area contributed by atoms with Crippen LogP contribution >= 0.6 is 23.2 Å². The molecular weight excluding hydrogens is 269 g/mol. The minimum Gasteiger partial charge on any atom is -0.386 e. The van der Waals surface area contributed by atoms with E-state index in [1.54, 1.807) is 18.2 Å². The number of rotatable bonds is 3. The summed E-state index contributed by atoms with van der Waals surface area (Å²) in [6.45, 7) is 0. The second-order valence-electron chi connectivity index (χ2n) is 4.05. The molecule has 4 heteroatoms. The standard InChI is InChI=1S/C14H13Cl2NO/c15-11-7-6-10(8-12(11)16)13(17)14(18)9-4-2-1-3-5-9/h1-8,13-14,18H,17H2. The third kappa shape index (κ3) is 2.85. The molecule has 2 nitrogen and oxygen atoms in total. The zero-order valence-corrected chi connectivity index (χ0v) is 11.1. The van der Waals surface area contributed by atoms with Gasteiger partial charge in [-0.25, -0.2) is 0 Å². The molecule has 0 amide bonds. The molecular formula is C14H13Cl2NO. The highest BCUT2D eigenvalue weighted by Crippen LogP contribution is 2.30. The van der Waals surface area contributed by atoms with E-state index in [0.717, 1.165) is 11.1 Å². The van der Waals surface area contributed by atoms with Gasteiger partial charge in [0.1, 0.15) is 0 Å². The summed E-state index contributed by atoms with van der Waals surface area (Å²) in [5.41, 5.74) is 7.56. The van der Waals surface area contributed by atoms with E-state index >= 15 is 0 Å². The van der Waals surface area contributed by atoms with Crippen LogP contribution in [0.4, 0.5) is 0 Å². The minimum atomic E-state index is -0.775. The number of hydrogen-bond acceptors (Lipinski definition) is 2. The molecule has 3 N–H and O–H groups in total. The fraction of sp³-hybridized carbons (Fsp3) is 0.143. The first kappa shape index (κ1) is 13.4. The molecule has 2 rings (SSSR count). The second-order valence-corrected chi connectivity index (χ2v) is 4.87. The summed E-state index contributed by atoms with van der Waals surface area (Å²) in [5.74, 6) is 0. The largest absolute Gasteiger partial charge is 0.386 e. The van der Waals surface area contributed by atoms with Crippen molar-refractivity contribution in [1.82, 2.24) is 0 Å². The van der Waals surface area contributed by atoms with E-state index in [9.17, 15) is 5.11 Å². The summed E-state index contributed by atoms with van der Waals surface area (Å²) in [4.78, 5) is 0. The van der Waals surface area contributed by atoms with Crippen LogP contribution in [0.1, 0.15) is 23.3 Å². The highest BCUT2D eigenvalue weighted by molar-refractivity contribution is 6.42. The van der Waals surface area contributed by atoms with Gasteiger partial charge in [-0.1, -0.05) is 59.6 Å². The lowest BCUT2D eigenvalue weighted by molar-refractivity contribution is 0.147. The molecule has 0 saturated heterocycles. The Morgan fingerprint density at radius 1 is 0.889 bits per heavy atom. The molecule has 2 aromatic carbocycles. The van der Waals surface area contributed by atoms with E-state index in [-0.39, 0.29) is 0 Å².